The standard InChI is InChI=1S/C16H20O4P2.4C6H6.C3H7NO.2ClH.Ru/c1-17-9-5-13(20-4)16(15(22)6-9)10-7-14(21)12(19-3)8-11(10)18-2;4*1-2-4-6-5-3-1;1-4(2)3-5;;;/h5-8H,21-22H2,1-4H3;4*1-6H;3H,1-2H3;2*1H;/q;;;;;;;;+3/p-2. The van der Waals surface area contributed by atoms with Crippen molar-refractivity contribution >= 4 is 35.5 Å². The van der Waals surface area contributed by atoms with Crippen molar-refractivity contribution in [2.24, 2.45) is 0 Å². The van der Waals surface area contributed by atoms with Crippen LogP contribution in [0, 0.1) is 0 Å². The van der Waals surface area contributed by atoms with E-state index >= 15 is 0 Å². The molecule has 0 spiro atoms. The first-order valence-corrected chi connectivity index (χ1v) is 17.1. The number of amides is 1. The van der Waals surface area contributed by atoms with Crippen LogP contribution < -0.4 is 54.4 Å². The Morgan fingerprint density at radius 1 is 0.444 bits per heavy atom. The molecule has 0 N–H and O–H groups in total. The van der Waals surface area contributed by atoms with Crippen LogP contribution in [0.5, 0.6) is 23.0 Å². The number of hydrogen-bond donors (Lipinski definition) is 0. The van der Waals surface area contributed by atoms with Crippen molar-refractivity contribution in [3.63, 3.8) is 0 Å². The fraction of sp³-hybridized carbons (Fsp3) is 0.140. The zero-order valence-corrected chi connectivity index (χ0v) is 37.1. The Morgan fingerprint density at radius 2 is 0.741 bits per heavy atom. The average Bonchev–Trinajstić information content (AvgIpc) is 3.21. The third-order valence-corrected chi connectivity index (χ3v) is 7.17. The van der Waals surface area contributed by atoms with Crippen LogP contribution in [-0.2, 0) is 24.3 Å². The van der Waals surface area contributed by atoms with Gasteiger partial charge in [0.1, 0.15) is 23.0 Å². The second-order valence-corrected chi connectivity index (χ2v) is 11.5. The molecule has 6 rings (SSSR count). The first kappa shape index (κ1) is 54.4. The van der Waals surface area contributed by atoms with E-state index in [1.54, 1.807) is 42.5 Å². The van der Waals surface area contributed by atoms with Crippen LogP contribution in [0.2, 0.25) is 0 Å². The van der Waals surface area contributed by atoms with E-state index in [-0.39, 0.29) is 44.3 Å². The van der Waals surface area contributed by atoms with E-state index in [1.165, 1.54) is 4.90 Å². The fourth-order valence-corrected chi connectivity index (χ4v) is 4.67. The van der Waals surface area contributed by atoms with E-state index in [9.17, 15) is 4.79 Å². The number of halogens is 2. The summed E-state index contributed by atoms with van der Waals surface area (Å²) in [6, 6.07) is 55.7. The zero-order valence-electron chi connectivity index (χ0n) is 31.5. The van der Waals surface area contributed by atoms with Crippen LogP contribution >= 0.6 is 18.5 Å². The molecule has 289 valence electrons. The predicted molar refractivity (Wildman–Crippen MR) is 222 cm³/mol. The Bertz CT molecular complexity index is 1480. The number of benzene rings is 6. The zero-order chi connectivity index (χ0) is 37.5. The van der Waals surface area contributed by atoms with Gasteiger partial charge in [-0.1, -0.05) is 146 Å². The molecule has 6 aromatic carbocycles. The Morgan fingerprint density at radius 3 is 0.981 bits per heavy atom. The molecule has 0 aliphatic rings. The van der Waals surface area contributed by atoms with Gasteiger partial charge < -0.3 is 48.7 Å². The number of hydrogen-bond acceptors (Lipinski definition) is 5. The SMILES string of the molecule is CN(C)C=O.COc1cc(P)c(-c2cc(P)c(OC)cc2OC)c(OC)c1.[Cl-].[Cl-].[Ru+3].c1ccccc1.c1ccccc1.c1ccccc1.c1ccccc1. The molecule has 1 radical (unpaired) electrons. The van der Waals surface area contributed by atoms with Gasteiger partial charge in [0.25, 0.3) is 0 Å². The van der Waals surface area contributed by atoms with Crippen molar-refractivity contribution < 1.29 is 68.0 Å². The summed E-state index contributed by atoms with van der Waals surface area (Å²) >= 11 is 0. The van der Waals surface area contributed by atoms with Crippen molar-refractivity contribution in [2.75, 3.05) is 42.5 Å². The minimum atomic E-state index is 0. The molecule has 1 amide bonds. The molecule has 0 bridgehead atoms. The van der Waals surface area contributed by atoms with Gasteiger partial charge in [-0.25, -0.2) is 0 Å². The van der Waals surface area contributed by atoms with Gasteiger partial charge in [0.15, 0.2) is 0 Å². The summed E-state index contributed by atoms with van der Waals surface area (Å²) in [6.45, 7) is 0. The molecule has 0 saturated heterocycles. The third kappa shape index (κ3) is 24.4. The number of methoxy groups -OCH3 is 4. The van der Waals surface area contributed by atoms with Crippen molar-refractivity contribution in [3.8, 4) is 34.1 Å². The quantitative estimate of drug-likeness (QED) is 0.147. The van der Waals surface area contributed by atoms with Gasteiger partial charge in [-0.15, -0.1) is 18.5 Å². The van der Waals surface area contributed by atoms with Crippen LogP contribution in [0.3, 0.4) is 0 Å². The van der Waals surface area contributed by atoms with Crippen LogP contribution in [0.1, 0.15) is 0 Å². The molecule has 2 atom stereocenters. The second kappa shape index (κ2) is 36.1. The van der Waals surface area contributed by atoms with Crippen molar-refractivity contribution in [2.45, 2.75) is 0 Å². The van der Waals surface area contributed by atoms with E-state index in [0.717, 1.165) is 51.1 Å². The molecule has 0 aliphatic heterocycles. The smallest absolute Gasteiger partial charge is 1.00 e. The van der Waals surface area contributed by atoms with Crippen LogP contribution in [0.4, 0.5) is 0 Å². The Labute approximate surface area is 353 Å². The normalized spacial score (nSPS) is 8.37. The Hall–Kier alpha value is -3.95. The molecular weight excluding hydrogens is 844 g/mol. The van der Waals surface area contributed by atoms with Crippen molar-refractivity contribution in [1.82, 2.24) is 4.90 Å². The van der Waals surface area contributed by atoms with Gasteiger partial charge in [0, 0.05) is 42.7 Å². The molecule has 11 heteroatoms. The molecule has 0 fully saturated rings. The van der Waals surface area contributed by atoms with Crippen LogP contribution in [-0.4, -0.2) is 53.8 Å². The summed E-state index contributed by atoms with van der Waals surface area (Å²) in [7, 11) is 15.3. The van der Waals surface area contributed by atoms with Gasteiger partial charge in [-0.05, 0) is 17.4 Å². The van der Waals surface area contributed by atoms with E-state index in [1.807, 2.05) is 170 Å². The van der Waals surface area contributed by atoms with Crippen molar-refractivity contribution in [3.05, 3.63) is 170 Å². The first-order valence-electron chi connectivity index (χ1n) is 16.0. The molecule has 0 aliphatic carbocycles. The topological polar surface area (TPSA) is 57.2 Å². The number of carbonyl (C=O) groups is 1. The number of nitrogens with zero attached hydrogens (tertiary/aromatic N) is 1. The van der Waals surface area contributed by atoms with Gasteiger partial charge in [0.05, 0.1) is 28.4 Å². The number of rotatable bonds is 6. The van der Waals surface area contributed by atoms with Crippen LogP contribution in [0.15, 0.2) is 170 Å². The summed E-state index contributed by atoms with van der Waals surface area (Å²) in [5, 5.41) is 1.91. The van der Waals surface area contributed by atoms with Gasteiger partial charge in [0.2, 0.25) is 6.41 Å². The van der Waals surface area contributed by atoms with E-state index in [4.69, 9.17) is 18.9 Å². The summed E-state index contributed by atoms with van der Waals surface area (Å²) in [4.78, 5) is 10.9. The molecule has 0 aromatic heterocycles. The van der Waals surface area contributed by atoms with E-state index in [2.05, 4.69) is 18.5 Å². The molecular formula is C43H51Cl2NO5P2Ru+. The largest absolute Gasteiger partial charge is 3.00 e. The van der Waals surface area contributed by atoms with Crippen molar-refractivity contribution in [1.29, 1.82) is 0 Å². The van der Waals surface area contributed by atoms with Gasteiger partial charge >= 0.3 is 19.5 Å². The average molecular weight is 896 g/mol. The molecule has 0 saturated carbocycles. The maximum absolute atomic E-state index is 9.43. The summed E-state index contributed by atoms with van der Waals surface area (Å²) < 4.78 is 21.7. The molecule has 2 unspecified atom stereocenters. The maximum Gasteiger partial charge on any atom is 3.00 e. The summed E-state index contributed by atoms with van der Waals surface area (Å²) in [5.74, 6) is 2.93. The summed E-state index contributed by atoms with van der Waals surface area (Å²) in [6.07, 6.45) is 0.750. The fourth-order valence-electron chi connectivity index (χ4n) is 3.84. The second-order valence-electron chi connectivity index (χ2n) is 10.3. The van der Waals surface area contributed by atoms with E-state index < -0.39 is 0 Å². The van der Waals surface area contributed by atoms with E-state index in [0.29, 0.717) is 0 Å². The monoisotopic (exact) mass is 895 g/mol. The molecule has 0 heterocycles. The number of ether oxygens (including phenoxy) is 4. The Kier molecular flexibility index (Phi) is 36.3. The number of carbonyl (C=O) groups excluding carboxylic acids is 1. The molecule has 6 nitrogen and oxygen atoms in total. The third-order valence-electron chi connectivity index (χ3n) is 6.26. The molecule has 54 heavy (non-hydrogen) atoms. The minimum absolute atomic E-state index is 0. The Balaban J connectivity index is -0.000000663. The van der Waals surface area contributed by atoms with Gasteiger partial charge in [-0.3, -0.25) is 4.79 Å². The molecule has 6 aromatic rings. The minimum Gasteiger partial charge on any atom is -1.00 e. The maximum atomic E-state index is 9.43. The predicted octanol–water partition coefficient (Wildman–Crippen LogP) is 2.85. The summed E-state index contributed by atoms with van der Waals surface area (Å²) in [5.41, 5.74) is 1.87. The van der Waals surface area contributed by atoms with Crippen LogP contribution in [0.25, 0.3) is 11.1 Å². The van der Waals surface area contributed by atoms with Gasteiger partial charge in [-0.2, -0.15) is 0 Å². The first-order chi connectivity index (χ1) is 24.8.